The summed E-state index contributed by atoms with van der Waals surface area (Å²) in [5.41, 5.74) is 3.34. The summed E-state index contributed by atoms with van der Waals surface area (Å²) in [6, 6.07) is 0. The first-order valence-corrected chi connectivity index (χ1v) is 10.2. The van der Waals surface area contributed by atoms with E-state index >= 15 is 0 Å². The Bertz CT molecular complexity index is 718. The molecule has 1 aromatic heterocycles. The standard InChI is InChI=1S/C19H26N3O2S/c1-2-3-4-5-6-7-8-9-10-11-16-18-14(13-22(16)24)19-15(12-17(18)23)20-25-21-19/h13H,2-12H2,1H3/q+1. The van der Waals surface area contributed by atoms with E-state index in [0.29, 0.717) is 29.0 Å². The number of nitrogens with zero attached hydrogens (tertiary/aromatic N) is 3. The van der Waals surface area contributed by atoms with Crippen molar-refractivity contribution < 1.29 is 9.55 Å². The largest absolute Gasteiger partial charge is 0.293 e. The van der Waals surface area contributed by atoms with Crippen LogP contribution in [0.15, 0.2) is 17.5 Å². The van der Waals surface area contributed by atoms with Crippen LogP contribution in [0, 0.1) is 4.91 Å². The van der Waals surface area contributed by atoms with E-state index in [9.17, 15) is 9.70 Å². The van der Waals surface area contributed by atoms with Gasteiger partial charge in [0.2, 0.25) is 6.20 Å². The van der Waals surface area contributed by atoms with E-state index in [1.807, 2.05) is 0 Å². The van der Waals surface area contributed by atoms with Gasteiger partial charge in [-0.25, -0.2) is 0 Å². The van der Waals surface area contributed by atoms with Crippen LogP contribution in [0.2, 0.25) is 0 Å². The number of carbonyl (C=O) groups excluding carboxylic acids is 1. The highest BCUT2D eigenvalue weighted by Crippen LogP contribution is 2.39. The first-order chi connectivity index (χ1) is 12.2. The lowest BCUT2D eigenvalue weighted by molar-refractivity contribution is -0.423. The molecule has 2 aliphatic rings. The van der Waals surface area contributed by atoms with Crippen LogP contribution in [0.3, 0.4) is 0 Å². The van der Waals surface area contributed by atoms with Crippen LogP contribution in [0.4, 0.5) is 0 Å². The second-order valence-corrected chi connectivity index (χ2v) is 7.46. The number of rotatable bonds is 10. The van der Waals surface area contributed by atoms with Gasteiger partial charge in [0.05, 0.1) is 34.2 Å². The van der Waals surface area contributed by atoms with Gasteiger partial charge in [0.15, 0.2) is 5.78 Å². The van der Waals surface area contributed by atoms with Gasteiger partial charge in [0.25, 0.3) is 5.70 Å². The Morgan fingerprint density at radius 1 is 1.04 bits per heavy atom. The summed E-state index contributed by atoms with van der Waals surface area (Å²) >= 11 is 1.11. The molecular weight excluding hydrogens is 334 g/mol. The lowest BCUT2D eigenvalue weighted by Gasteiger charge is -2.09. The molecule has 0 saturated carbocycles. The number of hydrogen-bond acceptors (Lipinski definition) is 5. The predicted octanol–water partition coefficient (Wildman–Crippen LogP) is 4.97. The zero-order valence-corrected chi connectivity index (χ0v) is 15.7. The predicted molar refractivity (Wildman–Crippen MR) is 99.1 cm³/mol. The summed E-state index contributed by atoms with van der Waals surface area (Å²) in [7, 11) is 0. The Balaban J connectivity index is 1.49. The molecule has 0 atom stereocenters. The van der Waals surface area contributed by atoms with Crippen molar-refractivity contribution in [1.29, 1.82) is 0 Å². The first-order valence-electron chi connectivity index (χ1n) is 9.49. The Labute approximate surface area is 153 Å². The molecule has 6 heteroatoms. The summed E-state index contributed by atoms with van der Waals surface area (Å²) in [4.78, 5) is 24.7. The molecule has 1 aliphatic heterocycles. The van der Waals surface area contributed by atoms with Crippen molar-refractivity contribution in [2.75, 3.05) is 0 Å². The third-order valence-electron chi connectivity index (χ3n) is 5.01. The van der Waals surface area contributed by atoms with Crippen molar-refractivity contribution in [1.82, 2.24) is 8.75 Å². The zero-order chi connectivity index (χ0) is 17.6. The number of Topliss-reactive ketones (excluding diaryl/α,β-unsaturated/α-hetero) is 1. The highest BCUT2D eigenvalue weighted by molar-refractivity contribution is 6.99. The lowest BCUT2D eigenvalue weighted by atomic mass is 9.89. The van der Waals surface area contributed by atoms with Gasteiger partial charge < -0.3 is 0 Å². The normalized spacial score (nSPS) is 16.3. The van der Waals surface area contributed by atoms with Crippen LogP contribution in [-0.2, 0) is 11.2 Å². The van der Waals surface area contributed by atoms with E-state index < -0.39 is 0 Å². The van der Waals surface area contributed by atoms with Crippen LogP contribution in [-0.4, -0.2) is 19.3 Å². The van der Waals surface area contributed by atoms with Gasteiger partial charge >= 0.3 is 0 Å². The second kappa shape index (κ2) is 8.61. The molecule has 0 spiro atoms. The van der Waals surface area contributed by atoms with Crippen LogP contribution in [0.25, 0.3) is 5.57 Å². The van der Waals surface area contributed by atoms with E-state index in [4.69, 9.17) is 0 Å². The molecule has 0 bridgehead atoms. The van der Waals surface area contributed by atoms with E-state index in [1.165, 1.54) is 51.1 Å². The fraction of sp³-hybridized carbons (Fsp3) is 0.632. The number of carbonyl (C=O) groups is 1. The smallest absolute Gasteiger partial charge is 0.251 e. The summed E-state index contributed by atoms with van der Waals surface area (Å²) in [6.07, 6.45) is 13.6. The molecule has 0 unspecified atom stereocenters. The lowest BCUT2D eigenvalue weighted by Crippen LogP contribution is -2.16. The number of fused-ring (bicyclic) bond motifs is 3. The van der Waals surface area contributed by atoms with Crippen molar-refractivity contribution in [2.24, 2.45) is 0 Å². The third kappa shape index (κ3) is 4.11. The summed E-state index contributed by atoms with van der Waals surface area (Å²) < 4.78 is 9.31. The van der Waals surface area contributed by atoms with Crippen LogP contribution < -0.4 is 0 Å². The van der Waals surface area contributed by atoms with Crippen LogP contribution >= 0.6 is 11.7 Å². The van der Waals surface area contributed by atoms with E-state index in [-0.39, 0.29) is 12.2 Å². The van der Waals surface area contributed by atoms with Gasteiger partial charge in [0, 0.05) is 11.3 Å². The van der Waals surface area contributed by atoms with Gasteiger partial charge in [-0.05, 0) is 6.42 Å². The highest BCUT2D eigenvalue weighted by atomic mass is 32.1. The maximum absolute atomic E-state index is 12.4. The van der Waals surface area contributed by atoms with Gasteiger partial charge in [-0.2, -0.15) is 8.75 Å². The summed E-state index contributed by atoms with van der Waals surface area (Å²) in [5.74, 6) is 0.00993. The maximum Gasteiger partial charge on any atom is 0.251 e. The van der Waals surface area contributed by atoms with Gasteiger partial charge in [-0.1, -0.05) is 58.3 Å². The molecule has 0 fully saturated rings. The molecule has 1 aliphatic carbocycles. The Morgan fingerprint density at radius 2 is 1.72 bits per heavy atom. The average molecular weight is 361 g/mol. The fourth-order valence-corrected chi connectivity index (χ4v) is 4.20. The Kier molecular flexibility index (Phi) is 6.24. The molecule has 1 aromatic rings. The third-order valence-corrected chi connectivity index (χ3v) is 5.57. The maximum atomic E-state index is 12.4. The molecule has 2 heterocycles. The van der Waals surface area contributed by atoms with Crippen molar-refractivity contribution in [3.05, 3.63) is 33.8 Å². The SMILES string of the molecule is CCCCCCCCCCCC1=C2C(=O)Cc3nsnc3C2=C[N+]1=O. The van der Waals surface area contributed by atoms with Gasteiger partial charge in [-0.15, -0.1) is 0 Å². The van der Waals surface area contributed by atoms with Crippen LogP contribution in [0.1, 0.15) is 82.5 Å². The molecule has 3 rings (SSSR count). The molecule has 0 saturated heterocycles. The monoisotopic (exact) mass is 360 g/mol. The molecular formula is C19H26N3O2S+. The zero-order valence-electron chi connectivity index (χ0n) is 14.9. The van der Waals surface area contributed by atoms with Crippen molar-refractivity contribution in [2.45, 2.75) is 77.6 Å². The second-order valence-electron chi connectivity index (χ2n) is 6.93. The van der Waals surface area contributed by atoms with Crippen molar-refractivity contribution in [3.8, 4) is 0 Å². The molecule has 0 aromatic carbocycles. The molecule has 0 amide bonds. The number of allylic oxidation sites excluding steroid dienone is 3. The minimum absolute atomic E-state index is 0.00993. The topological polar surface area (TPSA) is 62.9 Å². The molecule has 0 radical (unpaired) electrons. The number of hydrogen-bond donors (Lipinski definition) is 0. The van der Waals surface area contributed by atoms with Crippen LogP contribution in [0.5, 0.6) is 0 Å². The van der Waals surface area contributed by atoms with Gasteiger partial charge in [-0.3, -0.25) is 4.79 Å². The Hall–Kier alpha value is -1.69. The summed E-state index contributed by atoms with van der Waals surface area (Å²) in [6.45, 7) is 2.24. The quantitative estimate of drug-likeness (QED) is 0.436. The number of unbranched alkanes of at least 4 members (excludes halogenated alkanes) is 8. The first kappa shape index (κ1) is 18.1. The molecule has 134 valence electrons. The molecule has 25 heavy (non-hydrogen) atoms. The fourth-order valence-electron chi connectivity index (χ4n) is 3.62. The average Bonchev–Trinajstić information content (AvgIpc) is 3.18. The van der Waals surface area contributed by atoms with Gasteiger partial charge in [0.1, 0.15) is 11.3 Å². The minimum atomic E-state index is 0.00993. The Morgan fingerprint density at radius 3 is 2.44 bits per heavy atom. The van der Waals surface area contributed by atoms with Crippen molar-refractivity contribution in [3.63, 3.8) is 0 Å². The van der Waals surface area contributed by atoms with E-state index in [1.54, 1.807) is 0 Å². The number of nitroso groups, excluding NO2 is 1. The number of ketones is 1. The summed E-state index contributed by atoms with van der Waals surface area (Å²) in [5, 5.41) is 0. The highest BCUT2D eigenvalue weighted by Gasteiger charge is 2.42. The molecule has 5 nitrogen and oxygen atoms in total. The van der Waals surface area contributed by atoms with E-state index in [0.717, 1.165) is 35.0 Å². The van der Waals surface area contributed by atoms with Crippen molar-refractivity contribution >= 4 is 23.1 Å². The minimum Gasteiger partial charge on any atom is -0.293 e. The number of aromatic nitrogens is 2. The molecule has 0 N–H and O–H groups in total. The van der Waals surface area contributed by atoms with E-state index in [2.05, 4.69) is 15.7 Å².